The number of ether oxygens (including phenoxy) is 2. The van der Waals surface area contributed by atoms with Crippen molar-refractivity contribution in [1.82, 2.24) is 15.4 Å². The van der Waals surface area contributed by atoms with E-state index in [4.69, 9.17) is 14.0 Å². The van der Waals surface area contributed by atoms with Crippen LogP contribution in [0.5, 0.6) is 11.5 Å². The number of benzene rings is 1. The Morgan fingerprint density at radius 1 is 1.22 bits per heavy atom. The number of carbonyl (C=O) groups is 3. The van der Waals surface area contributed by atoms with Crippen LogP contribution in [-0.4, -0.2) is 54.1 Å². The van der Waals surface area contributed by atoms with Gasteiger partial charge in [0.25, 0.3) is 0 Å². The maximum absolute atomic E-state index is 13.7. The highest BCUT2D eigenvalue weighted by Gasteiger charge is 2.36. The fourth-order valence-corrected chi connectivity index (χ4v) is 3.55. The first-order valence-electron chi connectivity index (χ1n) is 11.7. The molecule has 0 aliphatic heterocycles. The normalized spacial score (nSPS) is 11.8. The number of hydrogen-bond acceptors (Lipinski definition) is 7. The molecule has 10 heteroatoms. The molecule has 0 radical (unpaired) electrons. The van der Waals surface area contributed by atoms with Crippen LogP contribution in [0.2, 0.25) is 0 Å². The van der Waals surface area contributed by atoms with Crippen molar-refractivity contribution < 1.29 is 28.4 Å². The minimum absolute atomic E-state index is 0.0773. The molecule has 3 amide bonds. The van der Waals surface area contributed by atoms with E-state index in [9.17, 15) is 14.4 Å². The van der Waals surface area contributed by atoms with Crippen molar-refractivity contribution in [1.29, 1.82) is 0 Å². The Hall–Kier alpha value is -3.82. The molecule has 1 atom stereocenters. The van der Waals surface area contributed by atoms with E-state index in [0.717, 1.165) is 0 Å². The zero-order chi connectivity index (χ0) is 26.9. The average molecular weight is 501 g/mol. The fourth-order valence-electron chi connectivity index (χ4n) is 3.55. The Kier molecular flexibility index (Phi) is 10.1. The van der Waals surface area contributed by atoms with Gasteiger partial charge in [-0.15, -0.1) is 6.58 Å². The number of aromatic nitrogens is 1. The smallest absolute Gasteiger partial charge is 0.248 e. The summed E-state index contributed by atoms with van der Waals surface area (Å²) in [5.41, 5.74) is -0.0566. The molecule has 0 fully saturated rings. The molecule has 0 aliphatic rings. The third kappa shape index (κ3) is 7.34. The number of methoxy groups -OCH3 is 2. The molecule has 1 aromatic heterocycles. The topological polar surface area (TPSA) is 123 Å². The van der Waals surface area contributed by atoms with Gasteiger partial charge in [-0.25, -0.2) is 0 Å². The van der Waals surface area contributed by atoms with Crippen LogP contribution < -0.4 is 20.1 Å². The minimum atomic E-state index is -1.05. The first kappa shape index (κ1) is 28.4. The molecule has 0 spiro atoms. The van der Waals surface area contributed by atoms with Crippen molar-refractivity contribution in [2.45, 2.75) is 58.5 Å². The van der Waals surface area contributed by atoms with Crippen molar-refractivity contribution >= 4 is 23.5 Å². The zero-order valence-electron chi connectivity index (χ0n) is 21.8. The van der Waals surface area contributed by atoms with Crippen LogP contribution in [0.1, 0.15) is 57.4 Å². The van der Waals surface area contributed by atoms with Gasteiger partial charge in [0.15, 0.2) is 17.3 Å². The summed E-state index contributed by atoms with van der Waals surface area (Å²) in [4.78, 5) is 40.8. The van der Waals surface area contributed by atoms with Gasteiger partial charge in [-0.2, -0.15) is 0 Å². The lowest BCUT2D eigenvalue weighted by Crippen LogP contribution is -2.50. The summed E-state index contributed by atoms with van der Waals surface area (Å²) in [6.45, 7) is 11.3. The Bertz CT molecular complexity index is 1080. The molecule has 0 unspecified atom stereocenters. The van der Waals surface area contributed by atoms with Crippen molar-refractivity contribution in [2.75, 3.05) is 26.1 Å². The van der Waals surface area contributed by atoms with Gasteiger partial charge in [-0.05, 0) is 33.3 Å². The lowest BCUT2D eigenvalue weighted by Gasteiger charge is -2.34. The summed E-state index contributed by atoms with van der Waals surface area (Å²) in [7, 11) is 2.97. The molecule has 1 heterocycles. The summed E-state index contributed by atoms with van der Waals surface area (Å²) in [5, 5.41) is 9.34. The third-order valence-electron chi connectivity index (χ3n) is 5.74. The van der Waals surface area contributed by atoms with Crippen LogP contribution >= 0.6 is 0 Å². The second kappa shape index (κ2) is 12.8. The molecular formula is C26H36N4O6. The van der Waals surface area contributed by atoms with Gasteiger partial charge in [0.2, 0.25) is 17.7 Å². The van der Waals surface area contributed by atoms with E-state index in [-0.39, 0.29) is 31.1 Å². The molecule has 10 nitrogen and oxygen atoms in total. The quantitative estimate of drug-likeness (QED) is 0.401. The number of nitrogens with one attached hydrogen (secondary N) is 2. The summed E-state index contributed by atoms with van der Waals surface area (Å²) in [5.74, 6) is 0.406. The van der Waals surface area contributed by atoms with Gasteiger partial charge in [0.05, 0.1) is 14.2 Å². The summed E-state index contributed by atoms with van der Waals surface area (Å²) in [6, 6.07) is 5.68. The number of carbonyl (C=O) groups excluding carboxylic acids is 3. The van der Waals surface area contributed by atoms with E-state index in [2.05, 4.69) is 22.4 Å². The zero-order valence-corrected chi connectivity index (χ0v) is 21.8. The Morgan fingerprint density at radius 3 is 2.50 bits per heavy atom. The van der Waals surface area contributed by atoms with Gasteiger partial charge < -0.3 is 29.5 Å². The molecule has 2 rings (SSSR count). The highest BCUT2D eigenvalue weighted by molar-refractivity contribution is 5.94. The number of nitrogens with zero attached hydrogens (tertiary/aromatic N) is 2. The van der Waals surface area contributed by atoms with Gasteiger partial charge in [0, 0.05) is 36.6 Å². The highest BCUT2D eigenvalue weighted by atomic mass is 16.5. The van der Waals surface area contributed by atoms with Crippen LogP contribution in [0.4, 0.5) is 5.82 Å². The Balaban J connectivity index is 2.38. The molecular weight excluding hydrogens is 464 g/mol. The molecule has 1 aromatic carbocycles. The van der Waals surface area contributed by atoms with Crippen LogP contribution in [0, 0.1) is 6.92 Å². The van der Waals surface area contributed by atoms with Crippen molar-refractivity contribution in [3.8, 4) is 11.5 Å². The van der Waals surface area contributed by atoms with E-state index in [1.807, 2.05) is 20.8 Å². The van der Waals surface area contributed by atoms with Gasteiger partial charge >= 0.3 is 0 Å². The van der Waals surface area contributed by atoms with Crippen LogP contribution in [-0.2, 0) is 14.4 Å². The predicted molar refractivity (Wildman–Crippen MR) is 136 cm³/mol. The molecule has 36 heavy (non-hydrogen) atoms. The van der Waals surface area contributed by atoms with Crippen molar-refractivity contribution in [3.05, 3.63) is 48.2 Å². The number of rotatable bonds is 13. The second-order valence-electron chi connectivity index (χ2n) is 8.92. The van der Waals surface area contributed by atoms with Crippen LogP contribution in [0.3, 0.4) is 0 Å². The lowest BCUT2D eigenvalue weighted by molar-refractivity contribution is -0.141. The van der Waals surface area contributed by atoms with Gasteiger partial charge in [0.1, 0.15) is 11.8 Å². The molecule has 196 valence electrons. The van der Waals surface area contributed by atoms with Crippen molar-refractivity contribution in [3.63, 3.8) is 0 Å². The number of aryl methyl sites for hydroxylation is 1. The molecule has 0 saturated heterocycles. The van der Waals surface area contributed by atoms with E-state index in [1.165, 1.54) is 25.2 Å². The number of para-hydroxylation sites is 1. The van der Waals surface area contributed by atoms with E-state index in [1.54, 1.807) is 31.2 Å². The first-order chi connectivity index (χ1) is 17.1. The average Bonchev–Trinajstić information content (AvgIpc) is 3.25. The van der Waals surface area contributed by atoms with Gasteiger partial charge in [-0.1, -0.05) is 30.3 Å². The fraction of sp³-hybridized carbons (Fsp3) is 0.462. The van der Waals surface area contributed by atoms with Gasteiger partial charge in [-0.3, -0.25) is 14.4 Å². The largest absolute Gasteiger partial charge is 0.493 e. The van der Waals surface area contributed by atoms with E-state index >= 15 is 0 Å². The van der Waals surface area contributed by atoms with Crippen LogP contribution in [0.15, 0.2) is 41.4 Å². The van der Waals surface area contributed by atoms with Crippen LogP contribution in [0.25, 0.3) is 0 Å². The van der Waals surface area contributed by atoms with E-state index < -0.39 is 23.4 Å². The molecule has 0 bridgehead atoms. The molecule has 2 aromatic rings. The van der Waals surface area contributed by atoms with E-state index in [0.29, 0.717) is 29.2 Å². The summed E-state index contributed by atoms with van der Waals surface area (Å²) in [6.07, 6.45) is 1.97. The second-order valence-corrected chi connectivity index (χ2v) is 8.92. The molecule has 2 N–H and O–H groups in total. The van der Waals surface area contributed by atoms with Crippen molar-refractivity contribution in [2.24, 2.45) is 0 Å². The maximum Gasteiger partial charge on any atom is 0.248 e. The minimum Gasteiger partial charge on any atom is -0.493 e. The summed E-state index contributed by atoms with van der Waals surface area (Å²) >= 11 is 0. The molecule has 0 saturated carbocycles. The standard InChI is InChI=1S/C26H36N4O6/c1-8-15-30(22(32)14-13-21(31)27-20-16-17(3)36-29-20)23(25(33)28-26(4,5)9-2)18-11-10-12-19(34-6)24(18)35-7/h8,10-12,16,23H,1,9,13-15H2,2-7H3,(H,28,33)(H,27,29,31)/t23-/m1/s1. The maximum atomic E-state index is 13.7. The predicted octanol–water partition coefficient (Wildman–Crippen LogP) is 3.78. The third-order valence-corrected chi connectivity index (χ3v) is 5.74. The number of anilines is 1. The summed E-state index contributed by atoms with van der Waals surface area (Å²) < 4.78 is 15.9. The number of hydrogen-bond donors (Lipinski definition) is 2. The monoisotopic (exact) mass is 500 g/mol. The lowest BCUT2D eigenvalue weighted by atomic mass is 9.97. The SMILES string of the molecule is C=CCN(C(=O)CCC(=O)Nc1cc(C)on1)[C@@H](C(=O)NC(C)(C)CC)c1cccc(OC)c1OC. The molecule has 0 aliphatic carbocycles. The Labute approximate surface area is 212 Å². The first-order valence-corrected chi connectivity index (χ1v) is 11.7. The Morgan fingerprint density at radius 2 is 1.94 bits per heavy atom. The highest BCUT2D eigenvalue weighted by Crippen LogP contribution is 2.37. The number of amides is 3.